The average molecular weight is 424 g/mol. The Morgan fingerprint density at radius 2 is 1.86 bits per heavy atom. The summed E-state index contributed by atoms with van der Waals surface area (Å²) in [4.78, 5) is 12.3. The van der Waals surface area contributed by atoms with E-state index in [-0.39, 0.29) is 30.3 Å². The molecular weight excluding hydrogens is 403 g/mol. The topological polar surface area (TPSA) is 94.2 Å². The number of nitrogens with zero attached hydrogens (tertiary/aromatic N) is 1. The van der Waals surface area contributed by atoms with Crippen molar-refractivity contribution in [2.75, 3.05) is 45.3 Å². The van der Waals surface area contributed by atoms with Crippen molar-refractivity contribution in [2.45, 2.75) is 4.90 Å². The highest BCUT2D eigenvalue weighted by molar-refractivity contribution is 7.89. The number of methoxy groups -OCH3 is 1. The van der Waals surface area contributed by atoms with Gasteiger partial charge in [-0.2, -0.15) is 4.31 Å². The SMILES string of the molecule is COc1ccc(S(=O)(=O)N2CCOCC2)cc1NC(=O)COc1ccc(F)cc1. The number of carbonyl (C=O) groups excluding carboxylic acids is 1. The second kappa shape index (κ2) is 9.21. The van der Waals surface area contributed by atoms with E-state index in [4.69, 9.17) is 14.2 Å². The third-order valence-corrected chi connectivity index (χ3v) is 6.13. The first-order valence-electron chi connectivity index (χ1n) is 8.84. The molecule has 1 amide bonds. The van der Waals surface area contributed by atoms with Crippen LogP contribution in [0.3, 0.4) is 0 Å². The van der Waals surface area contributed by atoms with Gasteiger partial charge in [0, 0.05) is 13.1 Å². The quantitative estimate of drug-likeness (QED) is 0.729. The molecule has 3 rings (SSSR count). The highest BCUT2D eigenvalue weighted by atomic mass is 32.2. The van der Waals surface area contributed by atoms with Gasteiger partial charge in [0.15, 0.2) is 6.61 Å². The van der Waals surface area contributed by atoms with Crippen molar-refractivity contribution in [3.63, 3.8) is 0 Å². The Hall–Kier alpha value is -2.69. The lowest BCUT2D eigenvalue weighted by atomic mass is 10.3. The molecule has 1 aliphatic heterocycles. The molecule has 2 aromatic carbocycles. The van der Waals surface area contributed by atoms with Crippen LogP contribution in [0.2, 0.25) is 0 Å². The number of halogens is 1. The Balaban J connectivity index is 1.72. The Bertz CT molecular complexity index is 959. The monoisotopic (exact) mass is 424 g/mol. The zero-order valence-electron chi connectivity index (χ0n) is 15.8. The number of benzene rings is 2. The van der Waals surface area contributed by atoms with Crippen LogP contribution in [0.4, 0.5) is 10.1 Å². The Morgan fingerprint density at radius 1 is 1.17 bits per heavy atom. The van der Waals surface area contributed by atoms with E-state index in [0.717, 1.165) is 0 Å². The van der Waals surface area contributed by atoms with Crippen LogP contribution < -0.4 is 14.8 Å². The minimum Gasteiger partial charge on any atom is -0.495 e. The second-order valence-corrected chi connectivity index (χ2v) is 8.11. The van der Waals surface area contributed by atoms with Gasteiger partial charge in [0.25, 0.3) is 5.91 Å². The molecule has 0 radical (unpaired) electrons. The smallest absolute Gasteiger partial charge is 0.262 e. The molecular formula is C19H21FN2O6S. The third-order valence-electron chi connectivity index (χ3n) is 4.24. The summed E-state index contributed by atoms with van der Waals surface area (Å²) < 4.78 is 55.6. The van der Waals surface area contributed by atoms with Crippen molar-refractivity contribution < 1.29 is 31.8 Å². The first kappa shape index (κ1) is 21.0. The van der Waals surface area contributed by atoms with E-state index in [2.05, 4.69) is 5.32 Å². The minimum absolute atomic E-state index is 0.0370. The maximum atomic E-state index is 12.9. The van der Waals surface area contributed by atoms with E-state index in [1.807, 2.05) is 0 Å². The Morgan fingerprint density at radius 3 is 2.52 bits per heavy atom. The highest BCUT2D eigenvalue weighted by Crippen LogP contribution is 2.29. The van der Waals surface area contributed by atoms with E-state index in [1.54, 1.807) is 0 Å². The van der Waals surface area contributed by atoms with Crippen LogP contribution in [-0.4, -0.2) is 58.7 Å². The summed E-state index contributed by atoms with van der Waals surface area (Å²) in [6.07, 6.45) is 0. The number of amides is 1. The zero-order valence-corrected chi connectivity index (χ0v) is 16.6. The van der Waals surface area contributed by atoms with Gasteiger partial charge in [-0.3, -0.25) is 4.79 Å². The predicted octanol–water partition coefficient (Wildman–Crippen LogP) is 1.87. The van der Waals surface area contributed by atoms with Crippen LogP contribution >= 0.6 is 0 Å². The lowest BCUT2D eigenvalue weighted by Crippen LogP contribution is -2.40. The third kappa shape index (κ3) is 5.22. The van der Waals surface area contributed by atoms with Crippen molar-refractivity contribution in [2.24, 2.45) is 0 Å². The molecule has 1 heterocycles. The molecule has 0 spiro atoms. The van der Waals surface area contributed by atoms with E-state index in [1.165, 1.54) is 53.9 Å². The zero-order chi connectivity index (χ0) is 20.9. The number of hydrogen-bond acceptors (Lipinski definition) is 6. The fourth-order valence-corrected chi connectivity index (χ4v) is 4.18. The molecule has 1 N–H and O–H groups in total. The van der Waals surface area contributed by atoms with Crippen molar-refractivity contribution in [1.82, 2.24) is 4.31 Å². The molecule has 29 heavy (non-hydrogen) atoms. The molecule has 0 aromatic heterocycles. The van der Waals surface area contributed by atoms with Crippen LogP contribution in [0, 0.1) is 5.82 Å². The maximum Gasteiger partial charge on any atom is 0.262 e. The lowest BCUT2D eigenvalue weighted by Gasteiger charge is -2.26. The molecule has 1 saturated heterocycles. The summed E-state index contributed by atoms with van der Waals surface area (Å²) in [5.74, 6) is -0.295. The molecule has 156 valence electrons. The normalized spacial score (nSPS) is 15.0. The standard InChI is InChI=1S/C19H21FN2O6S/c1-26-18-7-6-16(29(24,25)22-8-10-27-11-9-22)12-17(18)21-19(23)13-28-15-4-2-14(20)3-5-15/h2-7,12H,8-11,13H2,1H3,(H,21,23). The second-order valence-electron chi connectivity index (χ2n) is 6.17. The molecule has 0 saturated carbocycles. The summed E-state index contributed by atoms with van der Waals surface area (Å²) in [5.41, 5.74) is 0.203. The van der Waals surface area contributed by atoms with Crippen LogP contribution in [0.25, 0.3) is 0 Å². The highest BCUT2D eigenvalue weighted by Gasteiger charge is 2.27. The van der Waals surface area contributed by atoms with Crippen LogP contribution in [0.1, 0.15) is 0 Å². The fraction of sp³-hybridized carbons (Fsp3) is 0.316. The van der Waals surface area contributed by atoms with Crippen molar-refractivity contribution >= 4 is 21.6 Å². The number of carbonyl (C=O) groups is 1. The van der Waals surface area contributed by atoms with Gasteiger partial charge < -0.3 is 19.5 Å². The molecule has 1 fully saturated rings. The molecule has 0 bridgehead atoms. The van der Waals surface area contributed by atoms with Gasteiger partial charge in [-0.05, 0) is 42.5 Å². The van der Waals surface area contributed by atoms with Gasteiger partial charge in [0.1, 0.15) is 17.3 Å². The lowest BCUT2D eigenvalue weighted by molar-refractivity contribution is -0.118. The Labute approximate surface area is 168 Å². The van der Waals surface area contributed by atoms with Crippen molar-refractivity contribution in [3.8, 4) is 11.5 Å². The summed E-state index contributed by atoms with van der Waals surface area (Å²) in [5, 5.41) is 2.59. The molecule has 8 nitrogen and oxygen atoms in total. The van der Waals surface area contributed by atoms with Gasteiger partial charge in [-0.25, -0.2) is 12.8 Å². The maximum absolute atomic E-state index is 12.9. The number of hydrogen-bond donors (Lipinski definition) is 1. The largest absolute Gasteiger partial charge is 0.495 e. The van der Waals surface area contributed by atoms with E-state index < -0.39 is 21.7 Å². The van der Waals surface area contributed by atoms with E-state index >= 15 is 0 Å². The van der Waals surface area contributed by atoms with Crippen LogP contribution in [-0.2, 0) is 19.6 Å². The summed E-state index contributed by atoms with van der Waals surface area (Å²) in [6, 6.07) is 9.49. The van der Waals surface area contributed by atoms with Gasteiger partial charge in [-0.1, -0.05) is 0 Å². The summed E-state index contributed by atoms with van der Waals surface area (Å²) >= 11 is 0. The number of anilines is 1. The number of nitrogens with one attached hydrogen (secondary N) is 1. The van der Waals surface area contributed by atoms with E-state index in [0.29, 0.717) is 24.7 Å². The number of sulfonamides is 1. The molecule has 0 unspecified atom stereocenters. The van der Waals surface area contributed by atoms with E-state index in [9.17, 15) is 17.6 Å². The van der Waals surface area contributed by atoms with Gasteiger partial charge in [-0.15, -0.1) is 0 Å². The first-order chi connectivity index (χ1) is 13.9. The molecule has 1 aliphatic rings. The predicted molar refractivity (Wildman–Crippen MR) is 103 cm³/mol. The van der Waals surface area contributed by atoms with Gasteiger partial charge in [0.05, 0.1) is 30.9 Å². The van der Waals surface area contributed by atoms with Crippen molar-refractivity contribution in [3.05, 3.63) is 48.3 Å². The fourth-order valence-electron chi connectivity index (χ4n) is 2.75. The number of rotatable bonds is 7. The number of morpholine rings is 1. The Kier molecular flexibility index (Phi) is 6.68. The molecule has 0 aliphatic carbocycles. The van der Waals surface area contributed by atoms with Gasteiger partial charge >= 0.3 is 0 Å². The first-order valence-corrected chi connectivity index (χ1v) is 10.3. The average Bonchev–Trinajstić information content (AvgIpc) is 2.74. The van der Waals surface area contributed by atoms with Crippen LogP contribution in [0.15, 0.2) is 47.4 Å². The van der Waals surface area contributed by atoms with Crippen molar-refractivity contribution in [1.29, 1.82) is 0 Å². The van der Waals surface area contributed by atoms with Crippen LogP contribution in [0.5, 0.6) is 11.5 Å². The molecule has 0 atom stereocenters. The molecule has 2 aromatic rings. The number of ether oxygens (including phenoxy) is 3. The van der Waals surface area contributed by atoms with Gasteiger partial charge in [0.2, 0.25) is 10.0 Å². The minimum atomic E-state index is -3.72. The molecule has 10 heteroatoms. The summed E-state index contributed by atoms with van der Waals surface area (Å²) in [7, 11) is -2.31. The summed E-state index contributed by atoms with van der Waals surface area (Å²) in [6.45, 7) is 0.859.